The van der Waals surface area contributed by atoms with Gasteiger partial charge in [-0.3, -0.25) is 4.48 Å². The van der Waals surface area contributed by atoms with E-state index < -0.39 is 0 Å². The second kappa shape index (κ2) is 7.09. The molecule has 3 heteroatoms. The summed E-state index contributed by atoms with van der Waals surface area (Å²) in [6.07, 6.45) is 0.685. The fraction of sp³-hybridized carbons (Fsp3) is 1.00. The van der Waals surface area contributed by atoms with E-state index in [1.807, 2.05) is 6.92 Å². The summed E-state index contributed by atoms with van der Waals surface area (Å²) in [6.45, 7) is 11.6. The van der Waals surface area contributed by atoms with E-state index >= 15 is 0 Å². The smallest absolute Gasteiger partial charge is 0.190 e. The van der Waals surface area contributed by atoms with Crippen LogP contribution < -0.4 is 24.0 Å². The Morgan fingerprint density at radius 2 is 1.33 bits per heavy atom. The monoisotopic (exact) mass is 287 g/mol. The molecule has 0 bridgehead atoms. The van der Waals surface area contributed by atoms with Gasteiger partial charge in [0.15, 0.2) is 6.23 Å². The van der Waals surface area contributed by atoms with Crippen LogP contribution in [0, 0.1) is 0 Å². The van der Waals surface area contributed by atoms with E-state index in [0.29, 0.717) is 0 Å². The number of nitrogens with zero attached hydrogens (tertiary/aromatic N) is 1. The van der Waals surface area contributed by atoms with E-state index in [9.17, 15) is 5.11 Å². The van der Waals surface area contributed by atoms with Crippen molar-refractivity contribution >= 4 is 0 Å². The third kappa shape index (κ3) is 3.18. The van der Waals surface area contributed by atoms with Crippen LogP contribution in [0.25, 0.3) is 0 Å². The summed E-state index contributed by atoms with van der Waals surface area (Å²) in [7, 11) is 0. The molecule has 0 amide bonds. The number of hydrogen-bond donors (Lipinski definition) is 1. The molecule has 12 heavy (non-hydrogen) atoms. The summed E-state index contributed by atoms with van der Waals surface area (Å²) in [5.74, 6) is 0. The standard InChI is InChI=1S/C9H22NO.HI/c1-5-9(11)10(6-2,7-3)8-4;/h9,11H,5-8H2,1-4H3;1H/q+1;/p-1. The number of aliphatic hydroxyl groups excluding tert-OH is 1. The van der Waals surface area contributed by atoms with Gasteiger partial charge < -0.3 is 29.1 Å². The minimum atomic E-state index is -0.171. The molecule has 76 valence electrons. The van der Waals surface area contributed by atoms with Gasteiger partial charge in [-0.05, 0) is 20.8 Å². The highest BCUT2D eigenvalue weighted by Crippen LogP contribution is 2.13. The molecule has 0 saturated heterocycles. The van der Waals surface area contributed by atoms with Crippen molar-refractivity contribution in [2.75, 3.05) is 19.6 Å². The lowest BCUT2D eigenvalue weighted by Crippen LogP contribution is -3.00. The van der Waals surface area contributed by atoms with Gasteiger partial charge in [-0.2, -0.15) is 0 Å². The molecule has 0 saturated carbocycles. The molecular weight excluding hydrogens is 265 g/mol. The molecule has 1 atom stereocenters. The van der Waals surface area contributed by atoms with Crippen molar-refractivity contribution in [3.63, 3.8) is 0 Å². The van der Waals surface area contributed by atoms with Crippen molar-refractivity contribution in [3.05, 3.63) is 0 Å². The lowest BCUT2D eigenvalue weighted by molar-refractivity contribution is -0.966. The maximum atomic E-state index is 9.74. The summed E-state index contributed by atoms with van der Waals surface area (Å²) in [5, 5.41) is 9.74. The lowest BCUT2D eigenvalue weighted by Gasteiger charge is -2.39. The Labute approximate surface area is 93.6 Å². The first kappa shape index (κ1) is 15.1. The minimum Gasteiger partial charge on any atom is -1.00 e. The SMILES string of the molecule is CCC(O)[N+](CC)(CC)CC.[I-]. The molecule has 0 aromatic carbocycles. The average Bonchev–Trinajstić information content (AvgIpc) is 2.08. The first-order valence-electron chi connectivity index (χ1n) is 4.70. The number of quaternary nitrogens is 1. The number of halogens is 1. The van der Waals surface area contributed by atoms with Crippen LogP contribution in [0.2, 0.25) is 0 Å². The van der Waals surface area contributed by atoms with Crippen LogP contribution in [-0.4, -0.2) is 35.5 Å². The maximum absolute atomic E-state index is 9.74. The predicted molar refractivity (Wildman–Crippen MR) is 48.2 cm³/mol. The van der Waals surface area contributed by atoms with E-state index in [4.69, 9.17) is 0 Å². The molecular formula is C9H22INO. The summed E-state index contributed by atoms with van der Waals surface area (Å²) in [5.41, 5.74) is 0. The van der Waals surface area contributed by atoms with Crippen LogP contribution in [-0.2, 0) is 0 Å². The Morgan fingerprint density at radius 1 is 1.00 bits per heavy atom. The van der Waals surface area contributed by atoms with Crippen molar-refractivity contribution in [1.29, 1.82) is 0 Å². The number of rotatable bonds is 5. The zero-order chi connectivity index (χ0) is 8.91. The van der Waals surface area contributed by atoms with Crippen molar-refractivity contribution in [3.8, 4) is 0 Å². The zero-order valence-electron chi connectivity index (χ0n) is 8.68. The van der Waals surface area contributed by atoms with E-state index in [0.717, 1.165) is 30.5 Å². The van der Waals surface area contributed by atoms with E-state index in [-0.39, 0.29) is 30.2 Å². The fourth-order valence-corrected chi connectivity index (χ4v) is 1.69. The van der Waals surface area contributed by atoms with Gasteiger partial charge in [-0.25, -0.2) is 0 Å². The van der Waals surface area contributed by atoms with Crippen LogP contribution >= 0.6 is 0 Å². The summed E-state index contributed by atoms with van der Waals surface area (Å²) >= 11 is 0. The van der Waals surface area contributed by atoms with Gasteiger partial charge in [0.25, 0.3) is 0 Å². The molecule has 0 fully saturated rings. The van der Waals surface area contributed by atoms with Crippen molar-refractivity contribution in [2.45, 2.75) is 40.3 Å². The molecule has 1 N–H and O–H groups in total. The van der Waals surface area contributed by atoms with Gasteiger partial charge >= 0.3 is 0 Å². The summed E-state index contributed by atoms with van der Waals surface area (Å²) in [4.78, 5) is 0. The van der Waals surface area contributed by atoms with E-state index in [1.54, 1.807) is 0 Å². The highest BCUT2D eigenvalue weighted by atomic mass is 127. The van der Waals surface area contributed by atoms with Gasteiger partial charge in [0.05, 0.1) is 19.6 Å². The van der Waals surface area contributed by atoms with Crippen LogP contribution in [0.5, 0.6) is 0 Å². The quantitative estimate of drug-likeness (QED) is 0.374. The van der Waals surface area contributed by atoms with Gasteiger partial charge in [-0.1, -0.05) is 6.92 Å². The van der Waals surface area contributed by atoms with Crippen molar-refractivity contribution < 1.29 is 33.6 Å². The molecule has 0 aliphatic carbocycles. The normalized spacial score (nSPS) is 13.8. The number of hydrogen-bond acceptors (Lipinski definition) is 1. The Morgan fingerprint density at radius 3 is 1.42 bits per heavy atom. The third-order valence-corrected chi connectivity index (χ3v) is 2.89. The Bertz CT molecular complexity index is 96.4. The molecule has 0 spiro atoms. The van der Waals surface area contributed by atoms with Gasteiger partial charge in [0, 0.05) is 6.42 Å². The molecule has 0 heterocycles. The topological polar surface area (TPSA) is 20.2 Å². The predicted octanol–water partition coefficient (Wildman–Crippen LogP) is -1.40. The second-order valence-electron chi connectivity index (χ2n) is 3.06. The first-order valence-corrected chi connectivity index (χ1v) is 4.70. The molecule has 0 radical (unpaired) electrons. The zero-order valence-corrected chi connectivity index (χ0v) is 10.8. The van der Waals surface area contributed by atoms with Crippen LogP contribution in [0.1, 0.15) is 34.1 Å². The van der Waals surface area contributed by atoms with Crippen molar-refractivity contribution in [2.24, 2.45) is 0 Å². The highest BCUT2D eigenvalue weighted by molar-refractivity contribution is 4.41. The van der Waals surface area contributed by atoms with Crippen LogP contribution in [0.15, 0.2) is 0 Å². The molecule has 0 aromatic heterocycles. The molecule has 2 nitrogen and oxygen atoms in total. The Balaban J connectivity index is 0. The van der Waals surface area contributed by atoms with Crippen molar-refractivity contribution in [1.82, 2.24) is 0 Å². The van der Waals surface area contributed by atoms with Gasteiger partial charge in [0.2, 0.25) is 0 Å². The highest BCUT2D eigenvalue weighted by Gasteiger charge is 2.28. The number of aliphatic hydroxyl groups is 1. The third-order valence-electron chi connectivity index (χ3n) is 2.89. The van der Waals surface area contributed by atoms with Crippen LogP contribution in [0.4, 0.5) is 0 Å². The second-order valence-corrected chi connectivity index (χ2v) is 3.06. The molecule has 0 aliphatic rings. The van der Waals surface area contributed by atoms with E-state index in [1.165, 1.54) is 0 Å². The Hall–Kier alpha value is 0.650. The molecule has 1 unspecified atom stereocenters. The summed E-state index contributed by atoms with van der Waals surface area (Å²) in [6, 6.07) is 0. The van der Waals surface area contributed by atoms with Gasteiger partial charge in [0.1, 0.15) is 0 Å². The largest absolute Gasteiger partial charge is 1.00 e. The Kier molecular flexibility index (Phi) is 8.95. The average molecular weight is 287 g/mol. The maximum Gasteiger partial charge on any atom is 0.190 e. The molecule has 0 aromatic rings. The summed E-state index contributed by atoms with van der Waals surface area (Å²) < 4.78 is 0.844. The van der Waals surface area contributed by atoms with Crippen LogP contribution in [0.3, 0.4) is 0 Å². The van der Waals surface area contributed by atoms with E-state index in [2.05, 4.69) is 20.8 Å². The fourth-order valence-electron chi connectivity index (χ4n) is 1.69. The molecule has 0 aliphatic heterocycles. The minimum absolute atomic E-state index is 0. The lowest BCUT2D eigenvalue weighted by atomic mass is 10.2. The van der Waals surface area contributed by atoms with Gasteiger partial charge in [-0.15, -0.1) is 0 Å². The first-order chi connectivity index (χ1) is 5.16. The molecule has 0 rings (SSSR count).